The van der Waals surface area contributed by atoms with Crippen molar-refractivity contribution in [1.82, 2.24) is 5.32 Å². The Bertz CT molecular complexity index is 450. The summed E-state index contributed by atoms with van der Waals surface area (Å²) in [6, 6.07) is 5.10. The molecule has 2 N–H and O–H groups in total. The number of carbonyl (C=O) groups excluding carboxylic acids is 1. The van der Waals surface area contributed by atoms with Gasteiger partial charge in [0.2, 0.25) is 0 Å². The van der Waals surface area contributed by atoms with Gasteiger partial charge in [-0.2, -0.15) is 0 Å². The molecule has 0 bridgehead atoms. The molecule has 0 saturated heterocycles. The van der Waals surface area contributed by atoms with Crippen LogP contribution in [0.2, 0.25) is 0 Å². The van der Waals surface area contributed by atoms with Gasteiger partial charge in [0.25, 0.3) is 5.91 Å². The molecule has 0 heterocycles. The van der Waals surface area contributed by atoms with E-state index in [0.717, 1.165) is 18.5 Å². The monoisotopic (exact) mass is 247 g/mol. The van der Waals surface area contributed by atoms with Crippen molar-refractivity contribution < 1.29 is 9.90 Å². The molecule has 1 aliphatic rings. The van der Waals surface area contributed by atoms with Crippen LogP contribution in [0.4, 0.5) is 0 Å². The highest BCUT2D eigenvalue weighted by molar-refractivity contribution is 5.97. The molecule has 0 unspecified atom stereocenters. The molecule has 3 nitrogen and oxygen atoms in total. The topological polar surface area (TPSA) is 49.3 Å². The molecule has 2 rings (SSSR count). The van der Waals surface area contributed by atoms with Crippen molar-refractivity contribution in [2.24, 2.45) is 5.41 Å². The summed E-state index contributed by atoms with van der Waals surface area (Å²) >= 11 is 0. The summed E-state index contributed by atoms with van der Waals surface area (Å²) in [5.41, 5.74) is 1.69. The van der Waals surface area contributed by atoms with Crippen LogP contribution in [0.5, 0.6) is 5.75 Å². The van der Waals surface area contributed by atoms with Gasteiger partial charge < -0.3 is 10.4 Å². The molecule has 0 radical (unpaired) electrons. The molecule has 0 aliphatic heterocycles. The fourth-order valence-electron chi connectivity index (χ4n) is 2.42. The number of rotatable bonds is 5. The molecule has 1 aromatic rings. The summed E-state index contributed by atoms with van der Waals surface area (Å²) in [6.07, 6.45) is 4.75. The van der Waals surface area contributed by atoms with E-state index in [2.05, 4.69) is 12.2 Å². The smallest absolute Gasteiger partial charge is 0.255 e. The molecule has 0 spiro atoms. The number of carbonyl (C=O) groups is 1. The number of phenols is 1. The van der Waals surface area contributed by atoms with Crippen LogP contribution in [0.25, 0.3) is 0 Å². The molecule has 0 aromatic heterocycles. The Morgan fingerprint density at radius 3 is 2.78 bits per heavy atom. The molecule has 3 heteroatoms. The minimum absolute atomic E-state index is 0.0541. The van der Waals surface area contributed by atoms with E-state index in [0.29, 0.717) is 11.0 Å². The number of nitrogens with one attached hydrogen (secondary N) is 1. The maximum atomic E-state index is 12.0. The maximum absolute atomic E-state index is 12.0. The Morgan fingerprint density at radius 2 is 2.17 bits per heavy atom. The predicted molar refractivity (Wildman–Crippen MR) is 71.8 cm³/mol. The summed E-state index contributed by atoms with van der Waals surface area (Å²) in [7, 11) is 0. The molecular formula is C15H21NO2. The summed E-state index contributed by atoms with van der Waals surface area (Å²) in [5, 5.41) is 12.6. The van der Waals surface area contributed by atoms with Crippen LogP contribution in [-0.2, 0) is 0 Å². The largest absolute Gasteiger partial charge is 0.507 e. The normalized spacial score (nSPS) is 16.3. The Labute approximate surface area is 108 Å². The van der Waals surface area contributed by atoms with E-state index < -0.39 is 0 Å². The molecular weight excluding hydrogens is 226 g/mol. The SMILES string of the molecule is CCCC1(CNC(=O)c2cc(C)ccc2O)CC1. The first-order valence-corrected chi connectivity index (χ1v) is 6.64. The van der Waals surface area contributed by atoms with Crippen molar-refractivity contribution >= 4 is 5.91 Å². The van der Waals surface area contributed by atoms with Gasteiger partial charge in [-0.25, -0.2) is 0 Å². The number of amides is 1. The maximum Gasteiger partial charge on any atom is 0.255 e. The molecule has 1 fully saturated rings. The van der Waals surface area contributed by atoms with E-state index >= 15 is 0 Å². The fraction of sp³-hybridized carbons (Fsp3) is 0.533. The molecule has 18 heavy (non-hydrogen) atoms. The summed E-state index contributed by atoms with van der Waals surface area (Å²) in [6.45, 7) is 4.82. The van der Waals surface area contributed by atoms with Gasteiger partial charge in [0, 0.05) is 6.54 Å². The average molecular weight is 247 g/mol. The van der Waals surface area contributed by atoms with Crippen molar-refractivity contribution in [1.29, 1.82) is 0 Å². The second kappa shape index (κ2) is 5.01. The van der Waals surface area contributed by atoms with E-state index in [1.807, 2.05) is 6.92 Å². The van der Waals surface area contributed by atoms with Crippen LogP contribution in [0.3, 0.4) is 0 Å². The van der Waals surface area contributed by atoms with Crippen molar-refractivity contribution in [2.75, 3.05) is 6.54 Å². The van der Waals surface area contributed by atoms with E-state index in [1.165, 1.54) is 19.3 Å². The molecule has 1 saturated carbocycles. The molecule has 1 amide bonds. The van der Waals surface area contributed by atoms with Crippen molar-refractivity contribution in [3.8, 4) is 5.75 Å². The number of hydrogen-bond donors (Lipinski definition) is 2. The highest BCUT2D eigenvalue weighted by Gasteiger charge is 2.41. The van der Waals surface area contributed by atoms with Crippen LogP contribution in [-0.4, -0.2) is 17.6 Å². The minimum atomic E-state index is -0.168. The number of benzene rings is 1. The third-order valence-corrected chi connectivity index (χ3v) is 3.76. The van der Waals surface area contributed by atoms with Gasteiger partial charge in [-0.3, -0.25) is 4.79 Å². The van der Waals surface area contributed by atoms with Crippen LogP contribution in [0.15, 0.2) is 18.2 Å². The third kappa shape index (κ3) is 2.84. The quantitative estimate of drug-likeness (QED) is 0.840. The summed E-state index contributed by atoms with van der Waals surface area (Å²) in [5.74, 6) is -0.114. The summed E-state index contributed by atoms with van der Waals surface area (Å²) in [4.78, 5) is 12.0. The minimum Gasteiger partial charge on any atom is -0.507 e. The van der Waals surface area contributed by atoms with Gasteiger partial charge in [0.15, 0.2) is 0 Å². The van der Waals surface area contributed by atoms with Crippen LogP contribution in [0.1, 0.15) is 48.5 Å². The van der Waals surface area contributed by atoms with Crippen molar-refractivity contribution in [2.45, 2.75) is 39.5 Å². The van der Waals surface area contributed by atoms with Gasteiger partial charge in [0.05, 0.1) is 5.56 Å². The lowest BCUT2D eigenvalue weighted by Gasteiger charge is -2.15. The second-order valence-electron chi connectivity index (χ2n) is 5.45. The van der Waals surface area contributed by atoms with Crippen molar-refractivity contribution in [3.63, 3.8) is 0 Å². The van der Waals surface area contributed by atoms with E-state index in [4.69, 9.17) is 0 Å². The van der Waals surface area contributed by atoms with E-state index in [9.17, 15) is 9.90 Å². The number of hydrogen-bond acceptors (Lipinski definition) is 2. The predicted octanol–water partition coefficient (Wildman–Crippen LogP) is 3.01. The van der Waals surface area contributed by atoms with Gasteiger partial charge in [0.1, 0.15) is 5.75 Å². The number of phenolic OH excluding ortho intramolecular Hbond substituents is 1. The van der Waals surface area contributed by atoms with Crippen LogP contribution in [0, 0.1) is 12.3 Å². The Hall–Kier alpha value is -1.51. The molecule has 1 aliphatic carbocycles. The second-order valence-corrected chi connectivity index (χ2v) is 5.45. The van der Waals surface area contributed by atoms with Gasteiger partial charge in [-0.15, -0.1) is 0 Å². The van der Waals surface area contributed by atoms with Crippen molar-refractivity contribution in [3.05, 3.63) is 29.3 Å². The lowest BCUT2D eigenvalue weighted by Crippen LogP contribution is -2.30. The highest BCUT2D eigenvalue weighted by atomic mass is 16.3. The van der Waals surface area contributed by atoms with Crippen LogP contribution < -0.4 is 5.32 Å². The van der Waals surface area contributed by atoms with Gasteiger partial charge in [-0.1, -0.05) is 25.0 Å². The zero-order valence-corrected chi connectivity index (χ0v) is 11.1. The standard InChI is InChI=1S/C15H21NO2/c1-3-6-15(7-8-15)10-16-14(18)12-9-11(2)4-5-13(12)17/h4-5,9,17H,3,6-8,10H2,1-2H3,(H,16,18). The molecule has 98 valence electrons. The summed E-state index contributed by atoms with van der Waals surface area (Å²) < 4.78 is 0. The fourth-order valence-corrected chi connectivity index (χ4v) is 2.42. The Balaban J connectivity index is 1.98. The first-order chi connectivity index (χ1) is 8.56. The van der Waals surface area contributed by atoms with Gasteiger partial charge in [-0.05, 0) is 43.7 Å². The van der Waals surface area contributed by atoms with E-state index in [-0.39, 0.29) is 11.7 Å². The van der Waals surface area contributed by atoms with Gasteiger partial charge >= 0.3 is 0 Å². The molecule has 1 aromatic carbocycles. The zero-order valence-electron chi connectivity index (χ0n) is 11.1. The Morgan fingerprint density at radius 1 is 1.44 bits per heavy atom. The first kappa shape index (κ1) is 12.9. The lowest BCUT2D eigenvalue weighted by atomic mass is 10.0. The number of aromatic hydroxyl groups is 1. The Kier molecular flexibility index (Phi) is 3.60. The van der Waals surface area contributed by atoms with E-state index in [1.54, 1.807) is 18.2 Å². The number of aryl methyl sites for hydroxylation is 1. The molecule has 0 atom stereocenters. The average Bonchev–Trinajstić information content (AvgIpc) is 3.10. The highest BCUT2D eigenvalue weighted by Crippen LogP contribution is 2.48. The third-order valence-electron chi connectivity index (χ3n) is 3.76. The van der Waals surface area contributed by atoms with Crippen LogP contribution >= 0.6 is 0 Å². The zero-order chi connectivity index (χ0) is 13.2. The lowest BCUT2D eigenvalue weighted by molar-refractivity contribution is 0.0941. The first-order valence-electron chi connectivity index (χ1n) is 6.64.